The van der Waals surface area contributed by atoms with Gasteiger partial charge in [0.2, 0.25) is 5.96 Å². The Balaban J connectivity index is 2.45. The smallest absolute Gasteiger partial charge is 0.203 e. The second kappa shape index (κ2) is 3.89. The van der Waals surface area contributed by atoms with Gasteiger partial charge >= 0.3 is 0 Å². The van der Waals surface area contributed by atoms with Gasteiger partial charge in [-0.25, -0.2) is 10.8 Å². The number of nitrogens with two attached hydrogens (primary N) is 2. The minimum atomic E-state index is 0.235. The van der Waals surface area contributed by atoms with Crippen LogP contribution in [-0.2, 0) is 6.54 Å². The van der Waals surface area contributed by atoms with Gasteiger partial charge in [-0.05, 0) is 0 Å². The first-order valence-electron chi connectivity index (χ1n) is 2.97. The predicted molar refractivity (Wildman–Crippen MR) is 44.8 cm³/mol. The summed E-state index contributed by atoms with van der Waals surface area (Å²) in [6.45, 7) is 0.528. The molecule has 1 aromatic rings. The van der Waals surface area contributed by atoms with Gasteiger partial charge in [-0.1, -0.05) is 0 Å². The number of aromatic nitrogens is 1. The third kappa shape index (κ3) is 2.52. The highest BCUT2D eigenvalue weighted by Crippen LogP contribution is 2.05. The molecule has 0 bridgehead atoms. The van der Waals surface area contributed by atoms with Gasteiger partial charge in [-0.3, -0.25) is 10.4 Å². The van der Waals surface area contributed by atoms with Crippen LogP contribution in [0.4, 0.5) is 0 Å². The molecular formula is C5H9N5S. The standard InChI is InChI=1S/C5H9N5S/c6-5(10-7)9-2-4-1-8-3-11-4/h1,3H,2,7H2,(H3,6,9,10). The summed E-state index contributed by atoms with van der Waals surface area (Å²) in [6, 6.07) is 0. The molecule has 1 aromatic heterocycles. The summed E-state index contributed by atoms with van der Waals surface area (Å²) in [7, 11) is 0. The van der Waals surface area contributed by atoms with E-state index in [-0.39, 0.29) is 5.96 Å². The van der Waals surface area contributed by atoms with Crippen LogP contribution < -0.4 is 17.0 Å². The second-order valence-corrected chi connectivity index (χ2v) is 2.78. The lowest BCUT2D eigenvalue weighted by Gasteiger charge is -1.95. The number of hydrazine groups is 1. The van der Waals surface area contributed by atoms with Crippen LogP contribution in [0.2, 0.25) is 0 Å². The summed E-state index contributed by atoms with van der Waals surface area (Å²) in [4.78, 5) is 8.86. The number of nitrogens with zero attached hydrogens (tertiary/aromatic N) is 2. The largest absolute Gasteiger partial charge is 0.369 e. The number of aliphatic imine (C=N–C) groups is 1. The minimum absolute atomic E-state index is 0.235. The van der Waals surface area contributed by atoms with E-state index in [1.54, 1.807) is 11.7 Å². The second-order valence-electron chi connectivity index (χ2n) is 1.81. The van der Waals surface area contributed by atoms with Crippen molar-refractivity contribution in [3.63, 3.8) is 0 Å². The maximum atomic E-state index is 5.29. The third-order valence-electron chi connectivity index (χ3n) is 1.04. The van der Waals surface area contributed by atoms with E-state index in [4.69, 9.17) is 11.6 Å². The number of thiazole rings is 1. The van der Waals surface area contributed by atoms with Crippen LogP contribution in [-0.4, -0.2) is 10.9 Å². The fraction of sp³-hybridized carbons (Fsp3) is 0.200. The zero-order valence-corrected chi connectivity index (χ0v) is 6.64. The van der Waals surface area contributed by atoms with Gasteiger partial charge in [0.15, 0.2) is 0 Å². The van der Waals surface area contributed by atoms with E-state index in [1.165, 1.54) is 11.3 Å². The molecule has 5 nitrogen and oxygen atoms in total. The van der Waals surface area contributed by atoms with Crippen LogP contribution in [0.1, 0.15) is 4.88 Å². The van der Waals surface area contributed by atoms with E-state index < -0.39 is 0 Å². The van der Waals surface area contributed by atoms with Crippen molar-refractivity contribution in [2.75, 3.05) is 0 Å². The molecule has 60 valence electrons. The molecular weight excluding hydrogens is 162 g/mol. The molecule has 0 radical (unpaired) electrons. The average molecular weight is 171 g/mol. The molecule has 0 saturated carbocycles. The first-order valence-corrected chi connectivity index (χ1v) is 3.85. The Morgan fingerprint density at radius 3 is 3.18 bits per heavy atom. The number of hydrogen-bond acceptors (Lipinski definition) is 4. The van der Waals surface area contributed by atoms with E-state index in [0.717, 1.165) is 4.88 Å². The molecule has 11 heavy (non-hydrogen) atoms. The average Bonchev–Trinajstić information content (AvgIpc) is 2.52. The van der Waals surface area contributed by atoms with Gasteiger partial charge in [0.25, 0.3) is 0 Å². The number of guanidine groups is 1. The Labute approximate surface area is 68.1 Å². The molecule has 0 atom stereocenters. The van der Waals surface area contributed by atoms with E-state index >= 15 is 0 Å². The molecule has 0 saturated heterocycles. The summed E-state index contributed by atoms with van der Waals surface area (Å²) >= 11 is 1.53. The molecule has 1 rings (SSSR count). The lowest BCUT2D eigenvalue weighted by molar-refractivity contribution is 0.964. The Kier molecular flexibility index (Phi) is 2.82. The number of hydrogen-bond donors (Lipinski definition) is 3. The first kappa shape index (κ1) is 7.96. The van der Waals surface area contributed by atoms with Crippen LogP contribution in [0.25, 0.3) is 0 Å². The van der Waals surface area contributed by atoms with E-state index in [9.17, 15) is 0 Å². The van der Waals surface area contributed by atoms with Gasteiger partial charge in [-0.2, -0.15) is 0 Å². The van der Waals surface area contributed by atoms with Crippen molar-refractivity contribution < 1.29 is 0 Å². The zero-order valence-electron chi connectivity index (χ0n) is 5.82. The maximum absolute atomic E-state index is 5.29. The van der Waals surface area contributed by atoms with Crippen molar-refractivity contribution in [3.05, 3.63) is 16.6 Å². The lowest BCUT2D eigenvalue weighted by Crippen LogP contribution is -2.37. The van der Waals surface area contributed by atoms with E-state index in [1.807, 2.05) is 0 Å². The molecule has 0 fully saturated rings. The summed E-state index contributed by atoms with van der Waals surface area (Å²) in [5.74, 6) is 5.23. The number of nitrogens with one attached hydrogen (secondary N) is 1. The third-order valence-corrected chi connectivity index (χ3v) is 1.80. The SMILES string of the molecule is NNC(N)=NCc1cncs1. The van der Waals surface area contributed by atoms with Gasteiger partial charge in [-0.15, -0.1) is 11.3 Å². The Hall–Kier alpha value is -1.14. The van der Waals surface area contributed by atoms with E-state index in [0.29, 0.717) is 6.54 Å². The number of rotatable bonds is 2. The summed E-state index contributed by atoms with van der Waals surface area (Å²) < 4.78 is 0. The van der Waals surface area contributed by atoms with Crippen LogP contribution in [0.5, 0.6) is 0 Å². The molecule has 0 aliphatic carbocycles. The fourth-order valence-electron chi connectivity index (χ4n) is 0.529. The zero-order chi connectivity index (χ0) is 8.10. The normalized spacial score (nSPS) is 11.5. The van der Waals surface area contributed by atoms with Crippen molar-refractivity contribution in [2.45, 2.75) is 6.54 Å². The highest BCUT2D eigenvalue weighted by molar-refractivity contribution is 7.09. The summed E-state index contributed by atoms with van der Waals surface area (Å²) in [5.41, 5.74) is 9.27. The van der Waals surface area contributed by atoms with E-state index in [2.05, 4.69) is 15.4 Å². The lowest BCUT2D eigenvalue weighted by atomic mass is 10.6. The predicted octanol–water partition coefficient (Wildman–Crippen LogP) is -0.579. The molecule has 6 heteroatoms. The van der Waals surface area contributed by atoms with Gasteiger partial charge in [0.1, 0.15) is 0 Å². The van der Waals surface area contributed by atoms with Crippen LogP contribution in [0.15, 0.2) is 16.7 Å². The molecule has 0 spiro atoms. The molecule has 1 heterocycles. The van der Waals surface area contributed by atoms with Crippen LogP contribution in [0, 0.1) is 0 Å². The van der Waals surface area contributed by atoms with Gasteiger partial charge in [0.05, 0.1) is 12.1 Å². The van der Waals surface area contributed by atoms with Crippen molar-refractivity contribution in [1.82, 2.24) is 10.4 Å². The van der Waals surface area contributed by atoms with Crippen molar-refractivity contribution >= 4 is 17.3 Å². The molecule has 0 amide bonds. The van der Waals surface area contributed by atoms with Crippen molar-refractivity contribution in [3.8, 4) is 0 Å². The Morgan fingerprint density at radius 2 is 2.64 bits per heavy atom. The molecule has 0 unspecified atom stereocenters. The fourth-order valence-corrected chi connectivity index (χ4v) is 1.05. The Bertz CT molecular complexity index is 229. The molecule has 5 N–H and O–H groups in total. The molecule has 0 aliphatic heterocycles. The first-order chi connectivity index (χ1) is 5.33. The highest BCUT2D eigenvalue weighted by Gasteiger charge is 1.91. The van der Waals surface area contributed by atoms with Crippen LogP contribution >= 0.6 is 11.3 Å². The van der Waals surface area contributed by atoms with Gasteiger partial charge in [0, 0.05) is 11.1 Å². The monoisotopic (exact) mass is 171 g/mol. The molecule has 0 aromatic carbocycles. The quantitative estimate of drug-likeness (QED) is 0.240. The minimum Gasteiger partial charge on any atom is -0.369 e. The topological polar surface area (TPSA) is 89.3 Å². The van der Waals surface area contributed by atoms with Crippen LogP contribution in [0.3, 0.4) is 0 Å². The maximum Gasteiger partial charge on any atom is 0.203 e. The van der Waals surface area contributed by atoms with Crippen molar-refractivity contribution in [2.24, 2.45) is 16.6 Å². The van der Waals surface area contributed by atoms with Crippen molar-refractivity contribution in [1.29, 1.82) is 0 Å². The highest BCUT2D eigenvalue weighted by atomic mass is 32.1. The molecule has 0 aliphatic rings. The summed E-state index contributed by atoms with van der Waals surface area (Å²) in [5, 5.41) is 0. The van der Waals surface area contributed by atoms with Gasteiger partial charge < -0.3 is 5.73 Å². The summed E-state index contributed by atoms with van der Waals surface area (Å²) in [6.07, 6.45) is 1.75. The Morgan fingerprint density at radius 1 is 1.82 bits per heavy atom.